The lowest BCUT2D eigenvalue weighted by atomic mass is 9.66. The van der Waals surface area contributed by atoms with Crippen molar-refractivity contribution in [3.05, 3.63) is 36.0 Å². The molecule has 1 fully saturated rings. The summed E-state index contributed by atoms with van der Waals surface area (Å²) in [5.74, 6) is 0.374. The molecule has 0 aromatic heterocycles. The van der Waals surface area contributed by atoms with Crippen LogP contribution in [0.3, 0.4) is 0 Å². The van der Waals surface area contributed by atoms with Crippen LogP contribution in [0.1, 0.15) is 39.5 Å². The first kappa shape index (κ1) is 11.4. The van der Waals surface area contributed by atoms with Crippen molar-refractivity contribution in [1.82, 2.24) is 0 Å². The molecule has 1 nitrogen and oxygen atoms in total. The third kappa shape index (κ3) is 1.79. The summed E-state index contributed by atoms with van der Waals surface area (Å²) in [7, 11) is 0. The smallest absolute Gasteiger partial charge is 0.163 e. The van der Waals surface area contributed by atoms with Crippen molar-refractivity contribution in [2.75, 3.05) is 0 Å². The molecule has 1 unspecified atom stereocenters. The van der Waals surface area contributed by atoms with Gasteiger partial charge in [0.05, 0.1) is 5.92 Å². The highest BCUT2D eigenvalue weighted by atomic mass is 16.1. The quantitative estimate of drug-likeness (QED) is 0.641. The molecule has 0 aromatic rings. The maximum atomic E-state index is 12.2. The van der Waals surface area contributed by atoms with Gasteiger partial charge in [0.1, 0.15) is 0 Å². The molecule has 1 saturated carbocycles. The first-order valence-corrected chi connectivity index (χ1v) is 6.22. The summed E-state index contributed by atoms with van der Waals surface area (Å²) in [5, 5.41) is 0. The van der Waals surface area contributed by atoms with Crippen LogP contribution in [0.25, 0.3) is 0 Å². The van der Waals surface area contributed by atoms with E-state index in [1.165, 1.54) is 31.3 Å². The number of carbonyl (C=O) groups excluding carboxylic acids is 1. The Hall–Kier alpha value is -1.11. The van der Waals surface area contributed by atoms with Crippen LogP contribution in [0.15, 0.2) is 36.0 Å². The van der Waals surface area contributed by atoms with Gasteiger partial charge in [-0.25, -0.2) is 0 Å². The highest BCUT2D eigenvalue weighted by Crippen LogP contribution is 2.50. The van der Waals surface area contributed by atoms with Gasteiger partial charge in [-0.1, -0.05) is 42.7 Å². The third-order valence-electron chi connectivity index (χ3n) is 3.97. The molecule has 2 aliphatic carbocycles. The van der Waals surface area contributed by atoms with Crippen molar-refractivity contribution in [1.29, 1.82) is 0 Å². The molecule has 2 rings (SSSR count). The molecule has 2 aliphatic rings. The van der Waals surface area contributed by atoms with Crippen LogP contribution >= 0.6 is 0 Å². The fourth-order valence-corrected chi connectivity index (χ4v) is 3.29. The number of ketones is 1. The second-order valence-electron chi connectivity index (χ2n) is 5.05. The molecule has 0 saturated heterocycles. The van der Waals surface area contributed by atoms with Gasteiger partial charge < -0.3 is 0 Å². The number of hydrogen-bond donors (Lipinski definition) is 0. The van der Waals surface area contributed by atoms with E-state index in [4.69, 9.17) is 0 Å². The Morgan fingerprint density at radius 2 is 2.12 bits per heavy atom. The molecule has 0 N–H and O–H groups in total. The molecule has 1 atom stereocenters. The highest BCUT2D eigenvalue weighted by molar-refractivity contribution is 5.94. The van der Waals surface area contributed by atoms with Gasteiger partial charge in [0.15, 0.2) is 5.78 Å². The Kier molecular flexibility index (Phi) is 3.13. The highest BCUT2D eigenvalue weighted by Gasteiger charge is 2.43. The average molecular weight is 216 g/mol. The van der Waals surface area contributed by atoms with E-state index in [9.17, 15) is 4.79 Å². The van der Waals surface area contributed by atoms with Gasteiger partial charge >= 0.3 is 0 Å². The van der Waals surface area contributed by atoms with Gasteiger partial charge in [-0.05, 0) is 32.8 Å². The minimum Gasteiger partial charge on any atom is -0.294 e. The van der Waals surface area contributed by atoms with E-state index in [1.54, 1.807) is 6.08 Å². The second-order valence-corrected chi connectivity index (χ2v) is 5.05. The van der Waals surface area contributed by atoms with Crippen LogP contribution in [0.4, 0.5) is 0 Å². The summed E-state index contributed by atoms with van der Waals surface area (Å²) < 4.78 is 0. The van der Waals surface area contributed by atoms with Crippen LogP contribution in [0.2, 0.25) is 0 Å². The average Bonchev–Trinajstić information content (AvgIpc) is 2.67. The van der Waals surface area contributed by atoms with Crippen LogP contribution in [-0.4, -0.2) is 5.78 Å². The standard InChI is InChI=1S/C15H20O/c1-3-7-13(16)14-12(2)8-6-11-15(14)9-4-5-10-15/h3,6-8,11,14H,4-5,9-10H2,1-2H3/b7-3+. The summed E-state index contributed by atoms with van der Waals surface area (Å²) >= 11 is 0. The van der Waals surface area contributed by atoms with Gasteiger partial charge in [0, 0.05) is 5.41 Å². The molecule has 0 bridgehead atoms. The summed E-state index contributed by atoms with van der Waals surface area (Å²) in [6.07, 6.45) is 15.0. The monoisotopic (exact) mass is 216 g/mol. The predicted octanol–water partition coefficient (Wildman–Crippen LogP) is 3.82. The van der Waals surface area contributed by atoms with Gasteiger partial charge in [0.2, 0.25) is 0 Å². The zero-order chi connectivity index (χ0) is 11.6. The molecule has 86 valence electrons. The minimum absolute atomic E-state index is 0.0937. The zero-order valence-electron chi connectivity index (χ0n) is 10.2. The van der Waals surface area contributed by atoms with Gasteiger partial charge in [-0.3, -0.25) is 4.79 Å². The maximum absolute atomic E-state index is 12.2. The third-order valence-corrected chi connectivity index (χ3v) is 3.97. The van der Waals surface area contributed by atoms with E-state index in [-0.39, 0.29) is 17.1 Å². The van der Waals surface area contributed by atoms with E-state index >= 15 is 0 Å². The lowest BCUT2D eigenvalue weighted by Crippen LogP contribution is -2.33. The molecule has 0 amide bonds. The molecule has 0 heterocycles. The number of allylic oxidation sites excluding steroid dienone is 6. The van der Waals surface area contributed by atoms with E-state index in [0.29, 0.717) is 0 Å². The minimum atomic E-state index is 0.0937. The van der Waals surface area contributed by atoms with Crippen molar-refractivity contribution >= 4 is 5.78 Å². The predicted molar refractivity (Wildman–Crippen MR) is 67.1 cm³/mol. The van der Waals surface area contributed by atoms with Crippen LogP contribution in [0, 0.1) is 11.3 Å². The Labute approximate surface area is 97.9 Å². The van der Waals surface area contributed by atoms with Crippen LogP contribution in [-0.2, 0) is 4.79 Å². The van der Waals surface area contributed by atoms with Crippen LogP contribution in [0.5, 0.6) is 0 Å². The summed E-state index contributed by atoms with van der Waals surface area (Å²) in [5.41, 5.74) is 1.36. The van der Waals surface area contributed by atoms with Gasteiger partial charge in [-0.15, -0.1) is 0 Å². The zero-order valence-corrected chi connectivity index (χ0v) is 10.2. The van der Waals surface area contributed by atoms with Crippen LogP contribution < -0.4 is 0 Å². The molecule has 16 heavy (non-hydrogen) atoms. The number of carbonyl (C=O) groups is 1. The lowest BCUT2D eigenvalue weighted by Gasteiger charge is -2.36. The molecule has 0 aromatic carbocycles. The molecule has 1 heteroatoms. The lowest BCUT2D eigenvalue weighted by molar-refractivity contribution is -0.119. The Balaban J connectivity index is 2.34. The van der Waals surface area contributed by atoms with Gasteiger partial charge in [-0.2, -0.15) is 0 Å². The fraction of sp³-hybridized carbons (Fsp3) is 0.533. The molecule has 0 radical (unpaired) electrons. The number of hydrogen-bond acceptors (Lipinski definition) is 1. The molecular weight excluding hydrogens is 196 g/mol. The first-order chi connectivity index (χ1) is 7.69. The Morgan fingerprint density at radius 3 is 2.75 bits per heavy atom. The van der Waals surface area contributed by atoms with Crippen molar-refractivity contribution in [3.8, 4) is 0 Å². The molecular formula is C15H20O. The maximum Gasteiger partial charge on any atom is 0.163 e. The SMILES string of the molecule is C/C=C/C(=O)C1C(C)=CC=CC12CCCC2. The van der Waals surface area contributed by atoms with E-state index < -0.39 is 0 Å². The summed E-state index contributed by atoms with van der Waals surface area (Å²) in [4.78, 5) is 12.2. The van der Waals surface area contributed by atoms with Crippen molar-refractivity contribution in [2.45, 2.75) is 39.5 Å². The second kappa shape index (κ2) is 4.40. The Bertz CT molecular complexity index is 365. The summed E-state index contributed by atoms with van der Waals surface area (Å²) in [6.45, 7) is 4.01. The Morgan fingerprint density at radius 1 is 1.44 bits per heavy atom. The normalized spacial score (nSPS) is 27.6. The molecule has 0 aliphatic heterocycles. The van der Waals surface area contributed by atoms with Crippen molar-refractivity contribution in [3.63, 3.8) is 0 Å². The largest absolute Gasteiger partial charge is 0.294 e. The van der Waals surface area contributed by atoms with E-state index in [1.807, 2.05) is 13.0 Å². The fourth-order valence-electron chi connectivity index (χ4n) is 3.29. The summed E-state index contributed by atoms with van der Waals surface area (Å²) in [6, 6.07) is 0. The van der Waals surface area contributed by atoms with Crippen molar-refractivity contribution in [2.24, 2.45) is 11.3 Å². The number of rotatable bonds is 2. The van der Waals surface area contributed by atoms with E-state index in [0.717, 1.165) is 0 Å². The van der Waals surface area contributed by atoms with E-state index in [2.05, 4.69) is 25.2 Å². The van der Waals surface area contributed by atoms with Crippen molar-refractivity contribution < 1.29 is 4.79 Å². The van der Waals surface area contributed by atoms with Gasteiger partial charge in [0.25, 0.3) is 0 Å². The topological polar surface area (TPSA) is 17.1 Å². The molecule has 1 spiro atoms. The first-order valence-electron chi connectivity index (χ1n) is 6.22.